The van der Waals surface area contributed by atoms with Crippen molar-refractivity contribution in [2.45, 2.75) is 24.7 Å². The summed E-state index contributed by atoms with van der Waals surface area (Å²) in [6.07, 6.45) is 1.71. The van der Waals surface area contributed by atoms with Crippen molar-refractivity contribution in [3.8, 4) is 5.75 Å². The number of sulfonamides is 1. The molecule has 3 rings (SSSR count). The number of nitrogens with one attached hydrogen (secondary N) is 1. The maximum atomic E-state index is 13.0. The van der Waals surface area contributed by atoms with E-state index in [1.54, 1.807) is 30.3 Å². The second-order valence-corrected chi connectivity index (χ2v) is 8.71. The summed E-state index contributed by atoms with van der Waals surface area (Å²) in [5.74, 6) is 0.619. The van der Waals surface area contributed by atoms with Crippen molar-refractivity contribution in [1.82, 2.24) is 4.31 Å². The van der Waals surface area contributed by atoms with Gasteiger partial charge in [0.15, 0.2) is 0 Å². The van der Waals surface area contributed by atoms with E-state index in [-0.39, 0.29) is 10.8 Å². The third-order valence-electron chi connectivity index (χ3n) is 4.84. The van der Waals surface area contributed by atoms with Crippen LogP contribution in [-0.4, -0.2) is 38.8 Å². The molecule has 0 unspecified atom stereocenters. The number of hydrogen-bond acceptors (Lipinski definition) is 4. The van der Waals surface area contributed by atoms with Crippen LogP contribution < -0.4 is 10.1 Å². The van der Waals surface area contributed by atoms with Gasteiger partial charge in [0.2, 0.25) is 10.0 Å². The highest BCUT2D eigenvalue weighted by atomic mass is 32.2. The van der Waals surface area contributed by atoms with Gasteiger partial charge in [0, 0.05) is 18.7 Å². The van der Waals surface area contributed by atoms with Crippen LogP contribution in [0, 0.1) is 5.92 Å². The van der Waals surface area contributed by atoms with E-state index in [0.29, 0.717) is 36.0 Å². The minimum atomic E-state index is -3.61. The van der Waals surface area contributed by atoms with Gasteiger partial charge in [0.25, 0.3) is 5.91 Å². The summed E-state index contributed by atoms with van der Waals surface area (Å²) in [5.41, 5.74) is 0.815. The fourth-order valence-corrected chi connectivity index (χ4v) is 4.60. The Morgan fingerprint density at radius 2 is 1.78 bits per heavy atom. The zero-order valence-corrected chi connectivity index (χ0v) is 16.3. The van der Waals surface area contributed by atoms with Gasteiger partial charge in [0.05, 0.1) is 17.7 Å². The molecule has 144 valence electrons. The van der Waals surface area contributed by atoms with E-state index < -0.39 is 10.0 Å². The maximum Gasteiger partial charge on any atom is 0.255 e. The lowest BCUT2D eigenvalue weighted by Gasteiger charge is -2.29. The van der Waals surface area contributed by atoms with Crippen molar-refractivity contribution >= 4 is 21.6 Å². The van der Waals surface area contributed by atoms with E-state index in [0.717, 1.165) is 12.8 Å². The van der Waals surface area contributed by atoms with Gasteiger partial charge >= 0.3 is 0 Å². The molecule has 1 heterocycles. The summed E-state index contributed by atoms with van der Waals surface area (Å²) < 4.78 is 32.7. The van der Waals surface area contributed by atoms with E-state index in [9.17, 15) is 13.2 Å². The summed E-state index contributed by atoms with van der Waals surface area (Å²) in [4.78, 5) is 12.6. The molecule has 0 saturated carbocycles. The van der Waals surface area contributed by atoms with Gasteiger partial charge in [-0.05, 0) is 49.1 Å². The number of hydrogen-bond donors (Lipinski definition) is 1. The minimum Gasteiger partial charge on any atom is -0.495 e. The normalized spacial score (nSPS) is 16.1. The molecule has 1 aliphatic rings. The summed E-state index contributed by atoms with van der Waals surface area (Å²) >= 11 is 0. The third kappa shape index (κ3) is 4.31. The molecule has 1 saturated heterocycles. The summed E-state index contributed by atoms with van der Waals surface area (Å²) in [5, 5.41) is 2.75. The number of amides is 1. The Kier molecular flexibility index (Phi) is 5.82. The molecule has 1 fully saturated rings. The first-order valence-corrected chi connectivity index (χ1v) is 10.4. The molecule has 2 aromatic carbocycles. The zero-order valence-electron chi connectivity index (χ0n) is 15.5. The second kappa shape index (κ2) is 8.10. The molecule has 0 spiro atoms. The van der Waals surface area contributed by atoms with Gasteiger partial charge in [-0.15, -0.1) is 0 Å². The Bertz CT molecular complexity index is 905. The predicted molar refractivity (Wildman–Crippen MR) is 105 cm³/mol. The van der Waals surface area contributed by atoms with Gasteiger partial charge in [-0.3, -0.25) is 4.79 Å². The monoisotopic (exact) mass is 388 g/mol. The number of piperidine rings is 1. The van der Waals surface area contributed by atoms with E-state index in [4.69, 9.17) is 4.74 Å². The van der Waals surface area contributed by atoms with Gasteiger partial charge in [-0.1, -0.05) is 25.1 Å². The smallest absolute Gasteiger partial charge is 0.255 e. The molecule has 6 nitrogen and oxygen atoms in total. The number of methoxy groups -OCH3 is 1. The Morgan fingerprint density at radius 1 is 1.11 bits per heavy atom. The molecule has 0 aliphatic carbocycles. The van der Waals surface area contributed by atoms with Gasteiger partial charge in [-0.2, -0.15) is 4.31 Å². The highest BCUT2D eigenvalue weighted by molar-refractivity contribution is 7.89. The fourth-order valence-electron chi connectivity index (χ4n) is 3.10. The summed E-state index contributed by atoms with van der Waals surface area (Å²) in [6, 6.07) is 13.3. The lowest BCUT2D eigenvalue weighted by molar-refractivity contribution is 0.102. The van der Waals surface area contributed by atoms with Crippen LogP contribution in [-0.2, 0) is 10.0 Å². The highest BCUT2D eigenvalue weighted by Gasteiger charge is 2.28. The number of rotatable bonds is 5. The van der Waals surface area contributed by atoms with Crippen molar-refractivity contribution in [2.24, 2.45) is 5.92 Å². The van der Waals surface area contributed by atoms with Crippen LogP contribution in [0.3, 0.4) is 0 Å². The third-order valence-corrected chi connectivity index (χ3v) is 6.73. The lowest BCUT2D eigenvalue weighted by Crippen LogP contribution is -2.37. The first-order chi connectivity index (χ1) is 12.9. The average molecular weight is 388 g/mol. The maximum absolute atomic E-state index is 13.0. The van der Waals surface area contributed by atoms with Crippen LogP contribution in [0.4, 0.5) is 5.69 Å². The first-order valence-electron chi connectivity index (χ1n) is 8.96. The van der Waals surface area contributed by atoms with E-state index in [2.05, 4.69) is 12.2 Å². The van der Waals surface area contributed by atoms with Crippen molar-refractivity contribution in [3.05, 3.63) is 54.1 Å². The largest absolute Gasteiger partial charge is 0.495 e. The highest BCUT2D eigenvalue weighted by Crippen LogP contribution is 2.30. The molecule has 7 heteroatoms. The Labute approximate surface area is 160 Å². The van der Waals surface area contributed by atoms with Gasteiger partial charge < -0.3 is 10.1 Å². The molecule has 2 aromatic rings. The number of carbonyl (C=O) groups excluding carboxylic acids is 1. The van der Waals surface area contributed by atoms with Crippen LogP contribution >= 0.6 is 0 Å². The molecule has 1 aliphatic heterocycles. The van der Waals surface area contributed by atoms with Crippen LogP contribution in [0.1, 0.15) is 30.1 Å². The van der Waals surface area contributed by atoms with Crippen molar-refractivity contribution in [3.63, 3.8) is 0 Å². The average Bonchev–Trinajstić information content (AvgIpc) is 2.69. The molecule has 0 atom stereocenters. The van der Waals surface area contributed by atoms with Crippen LogP contribution in [0.15, 0.2) is 53.4 Å². The van der Waals surface area contributed by atoms with Gasteiger partial charge in [0.1, 0.15) is 5.75 Å². The SMILES string of the molecule is COc1ccc(S(=O)(=O)N2CCC(C)CC2)cc1NC(=O)c1ccccc1. The first kappa shape index (κ1) is 19.4. The number of nitrogens with zero attached hydrogens (tertiary/aromatic N) is 1. The standard InChI is InChI=1S/C20H24N2O4S/c1-15-10-12-22(13-11-15)27(24,25)17-8-9-19(26-2)18(14-17)21-20(23)16-6-4-3-5-7-16/h3-9,14-15H,10-13H2,1-2H3,(H,21,23). The number of carbonyl (C=O) groups is 1. The molecule has 1 N–H and O–H groups in total. The Morgan fingerprint density at radius 3 is 2.41 bits per heavy atom. The molecule has 0 radical (unpaired) electrons. The molecule has 0 aromatic heterocycles. The molecule has 27 heavy (non-hydrogen) atoms. The van der Waals surface area contributed by atoms with Crippen molar-refractivity contribution in [1.29, 1.82) is 0 Å². The van der Waals surface area contributed by atoms with Crippen molar-refractivity contribution < 1.29 is 17.9 Å². The predicted octanol–water partition coefficient (Wildman–Crippen LogP) is 3.37. The number of benzene rings is 2. The van der Waals surface area contributed by atoms with Crippen LogP contribution in [0.2, 0.25) is 0 Å². The molecule has 0 bridgehead atoms. The van der Waals surface area contributed by atoms with Gasteiger partial charge in [-0.25, -0.2) is 8.42 Å². The minimum absolute atomic E-state index is 0.154. The van der Waals surface area contributed by atoms with Crippen molar-refractivity contribution in [2.75, 3.05) is 25.5 Å². The Balaban J connectivity index is 1.88. The zero-order chi connectivity index (χ0) is 19.4. The Hall–Kier alpha value is -2.38. The second-order valence-electron chi connectivity index (χ2n) is 6.77. The van der Waals surface area contributed by atoms with E-state index in [1.807, 2.05) is 6.07 Å². The van der Waals surface area contributed by atoms with Crippen LogP contribution in [0.5, 0.6) is 5.75 Å². The lowest BCUT2D eigenvalue weighted by atomic mass is 10.0. The summed E-state index contributed by atoms with van der Waals surface area (Å²) in [6.45, 7) is 3.16. The topological polar surface area (TPSA) is 75.7 Å². The number of ether oxygens (including phenoxy) is 1. The summed E-state index contributed by atoms with van der Waals surface area (Å²) in [7, 11) is -2.13. The fraction of sp³-hybridized carbons (Fsp3) is 0.350. The molecular formula is C20H24N2O4S. The molecule has 1 amide bonds. The molecular weight excluding hydrogens is 364 g/mol. The van der Waals surface area contributed by atoms with E-state index >= 15 is 0 Å². The number of anilines is 1. The van der Waals surface area contributed by atoms with Crippen LogP contribution in [0.25, 0.3) is 0 Å². The van der Waals surface area contributed by atoms with E-state index in [1.165, 1.54) is 23.5 Å². The quantitative estimate of drug-likeness (QED) is 0.852.